The van der Waals surface area contributed by atoms with Crippen LogP contribution in [0.2, 0.25) is 0 Å². The summed E-state index contributed by atoms with van der Waals surface area (Å²) in [5.41, 5.74) is 2.89. The van der Waals surface area contributed by atoms with Gasteiger partial charge in [-0.3, -0.25) is 0 Å². The smallest absolute Gasteiger partial charge is 0.119 e. The molecule has 3 heteroatoms. The number of hydrogen-bond acceptors (Lipinski definition) is 3. The summed E-state index contributed by atoms with van der Waals surface area (Å²) in [4.78, 5) is 0. The fraction of sp³-hybridized carbons (Fsp3) is 0.407. The van der Waals surface area contributed by atoms with Crippen LogP contribution in [-0.2, 0) is 17.8 Å². The van der Waals surface area contributed by atoms with Crippen molar-refractivity contribution in [3.63, 3.8) is 0 Å². The molecule has 0 spiro atoms. The predicted molar refractivity (Wildman–Crippen MR) is 123 cm³/mol. The molecule has 160 valence electrons. The van der Waals surface area contributed by atoms with E-state index in [0.717, 1.165) is 49.8 Å². The van der Waals surface area contributed by atoms with E-state index in [1.807, 2.05) is 30.3 Å². The SMILES string of the molecule is CCC1(O)CCC=C1CC(/C=C/CCc1cccc(OC)c1)OCc1ccccc1. The molecule has 0 saturated carbocycles. The summed E-state index contributed by atoms with van der Waals surface area (Å²) < 4.78 is 11.6. The van der Waals surface area contributed by atoms with E-state index >= 15 is 0 Å². The second-order valence-corrected chi connectivity index (χ2v) is 8.01. The molecule has 2 aromatic carbocycles. The maximum Gasteiger partial charge on any atom is 0.119 e. The molecule has 2 unspecified atom stereocenters. The average molecular weight is 407 g/mol. The van der Waals surface area contributed by atoms with Crippen LogP contribution < -0.4 is 4.74 Å². The lowest BCUT2D eigenvalue weighted by Crippen LogP contribution is -2.29. The molecule has 0 radical (unpaired) electrons. The third-order valence-electron chi connectivity index (χ3n) is 5.94. The number of ether oxygens (including phenoxy) is 2. The summed E-state index contributed by atoms with van der Waals surface area (Å²) in [7, 11) is 1.70. The van der Waals surface area contributed by atoms with Crippen LogP contribution in [0.3, 0.4) is 0 Å². The van der Waals surface area contributed by atoms with Crippen molar-refractivity contribution in [1.82, 2.24) is 0 Å². The molecule has 30 heavy (non-hydrogen) atoms. The summed E-state index contributed by atoms with van der Waals surface area (Å²) in [6.07, 6.45) is 11.7. The maximum absolute atomic E-state index is 10.9. The zero-order valence-electron chi connectivity index (χ0n) is 18.2. The molecule has 3 nitrogen and oxygen atoms in total. The molecule has 1 aliphatic carbocycles. The Balaban J connectivity index is 1.61. The third-order valence-corrected chi connectivity index (χ3v) is 5.94. The van der Waals surface area contributed by atoms with E-state index in [9.17, 15) is 5.11 Å². The van der Waals surface area contributed by atoms with Crippen molar-refractivity contribution in [2.24, 2.45) is 0 Å². The van der Waals surface area contributed by atoms with E-state index in [0.29, 0.717) is 6.61 Å². The second kappa shape index (κ2) is 11.1. The minimum atomic E-state index is -0.664. The van der Waals surface area contributed by atoms with Gasteiger partial charge in [0, 0.05) is 6.42 Å². The van der Waals surface area contributed by atoms with E-state index in [4.69, 9.17) is 9.47 Å². The van der Waals surface area contributed by atoms with Gasteiger partial charge in [0.15, 0.2) is 0 Å². The molecule has 2 atom stereocenters. The predicted octanol–water partition coefficient (Wildman–Crippen LogP) is 6.02. The first kappa shape index (κ1) is 22.3. The number of aryl methyl sites for hydroxylation is 1. The van der Waals surface area contributed by atoms with Crippen molar-refractivity contribution < 1.29 is 14.6 Å². The average Bonchev–Trinajstić information content (AvgIpc) is 3.16. The van der Waals surface area contributed by atoms with Gasteiger partial charge in [-0.05, 0) is 60.9 Å². The first-order valence-electron chi connectivity index (χ1n) is 11.0. The van der Waals surface area contributed by atoms with Crippen molar-refractivity contribution in [2.45, 2.75) is 63.8 Å². The first-order valence-corrected chi connectivity index (χ1v) is 11.0. The molecule has 0 saturated heterocycles. The van der Waals surface area contributed by atoms with Crippen molar-refractivity contribution >= 4 is 0 Å². The van der Waals surface area contributed by atoms with Crippen LogP contribution >= 0.6 is 0 Å². The fourth-order valence-electron chi connectivity index (χ4n) is 4.02. The lowest BCUT2D eigenvalue weighted by atomic mass is 9.89. The zero-order chi connectivity index (χ0) is 21.2. The standard InChI is InChI=1S/C27H34O3/c1-3-27(28)18-10-15-24(27)20-26(30-21-23-12-5-4-6-13-23)16-8-7-11-22-14-9-17-25(19-22)29-2/h4-6,8-9,12-17,19,26,28H,3,7,10-11,18,20-21H2,1-2H3/b16-8+. The summed E-state index contributed by atoms with van der Waals surface area (Å²) in [6, 6.07) is 18.5. The lowest BCUT2D eigenvalue weighted by molar-refractivity contribution is 0.0435. The normalized spacial score (nSPS) is 19.8. The van der Waals surface area contributed by atoms with Crippen molar-refractivity contribution in [3.05, 3.63) is 89.5 Å². The molecule has 0 bridgehead atoms. The van der Waals surface area contributed by atoms with Crippen LogP contribution in [0.15, 0.2) is 78.4 Å². The molecular weight excluding hydrogens is 372 g/mol. The number of hydrogen-bond donors (Lipinski definition) is 1. The minimum absolute atomic E-state index is 0.0436. The van der Waals surface area contributed by atoms with E-state index in [-0.39, 0.29) is 6.10 Å². The van der Waals surface area contributed by atoms with Gasteiger partial charge < -0.3 is 14.6 Å². The Morgan fingerprint density at radius 3 is 2.67 bits per heavy atom. The van der Waals surface area contributed by atoms with Crippen LogP contribution in [0.4, 0.5) is 0 Å². The highest BCUT2D eigenvalue weighted by molar-refractivity contribution is 5.29. The van der Waals surface area contributed by atoms with Gasteiger partial charge in [-0.2, -0.15) is 0 Å². The molecule has 0 aromatic heterocycles. The Morgan fingerprint density at radius 2 is 1.90 bits per heavy atom. The molecule has 0 aliphatic heterocycles. The Labute approximate surface area is 181 Å². The van der Waals surface area contributed by atoms with Crippen LogP contribution in [0.25, 0.3) is 0 Å². The first-order chi connectivity index (χ1) is 14.6. The van der Waals surface area contributed by atoms with Gasteiger partial charge in [0.05, 0.1) is 25.4 Å². The highest BCUT2D eigenvalue weighted by Crippen LogP contribution is 2.36. The van der Waals surface area contributed by atoms with Crippen molar-refractivity contribution in [2.75, 3.05) is 7.11 Å². The minimum Gasteiger partial charge on any atom is -0.497 e. The third kappa shape index (κ3) is 6.32. The maximum atomic E-state index is 10.9. The van der Waals surface area contributed by atoms with Crippen LogP contribution in [0.5, 0.6) is 5.75 Å². The van der Waals surface area contributed by atoms with Crippen LogP contribution in [-0.4, -0.2) is 23.9 Å². The number of benzene rings is 2. The zero-order valence-corrected chi connectivity index (χ0v) is 18.2. The Morgan fingerprint density at radius 1 is 1.10 bits per heavy atom. The second-order valence-electron chi connectivity index (χ2n) is 8.01. The number of allylic oxidation sites excluding steroid dienone is 2. The monoisotopic (exact) mass is 406 g/mol. The topological polar surface area (TPSA) is 38.7 Å². The number of aliphatic hydroxyl groups is 1. The van der Waals surface area contributed by atoms with Gasteiger partial charge in [-0.1, -0.05) is 67.6 Å². The van der Waals surface area contributed by atoms with E-state index in [2.05, 4.69) is 49.4 Å². The molecular formula is C27H34O3. The van der Waals surface area contributed by atoms with E-state index < -0.39 is 5.60 Å². The molecule has 1 N–H and O–H groups in total. The summed E-state index contributed by atoms with van der Waals surface area (Å²) in [5, 5.41) is 10.9. The van der Waals surface area contributed by atoms with E-state index in [1.54, 1.807) is 7.11 Å². The molecule has 0 amide bonds. The Bertz CT molecular complexity index is 840. The molecule has 0 fully saturated rings. The number of methoxy groups -OCH3 is 1. The number of rotatable bonds is 11. The van der Waals surface area contributed by atoms with Gasteiger partial charge in [0.25, 0.3) is 0 Å². The van der Waals surface area contributed by atoms with Crippen molar-refractivity contribution in [3.8, 4) is 5.75 Å². The Kier molecular flexibility index (Phi) is 8.30. The van der Waals surface area contributed by atoms with Gasteiger partial charge in [-0.25, -0.2) is 0 Å². The van der Waals surface area contributed by atoms with E-state index in [1.165, 1.54) is 11.1 Å². The quantitative estimate of drug-likeness (QED) is 0.464. The largest absolute Gasteiger partial charge is 0.497 e. The Hall–Kier alpha value is -2.36. The van der Waals surface area contributed by atoms with Gasteiger partial charge in [0.2, 0.25) is 0 Å². The highest BCUT2D eigenvalue weighted by Gasteiger charge is 2.33. The molecule has 0 heterocycles. The summed E-state index contributed by atoms with van der Waals surface area (Å²) >= 11 is 0. The summed E-state index contributed by atoms with van der Waals surface area (Å²) in [6.45, 7) is 2.63. The highest BCUT2D eigenvalue weighted by atomic mass is 16.5. The van der Waals surface area contributed by atoms with Crippen LogP contribution in [0, 0.1) is 0 Å². The molecule has 2 aromatic rings. The summed E-state index contributed by atoms with van der Waals surface area (Å²) in [5.74, 6) is 0.896. The van der Waals surface area contributed by atoms with Crippen molar-refractivity contribution in [1.29, 1.82) is 0 Å². The fourth-order valence-corrected chi connectivity index (χ4v) is 4.02. The lowest BCUT2D eigenvalue weighted by Gasteiger charge is -2.27. The molecule has 3 rings (SSSR count). The van der Waals surface area contributed by atoms with Gasteiger partial charge in [-0.15, -0.1) is 0 Å². The van der Waals surface area contributed by atoms with Crippen LogP contribution in [0.1, 0.15) is 50.2 Å². The molecule has 1 aliphatic rings. The van der Waals surface area contributed by atoms with Gasteiger partial charge in [0.1, 0.15) is 5.75 Å². The van der Waals surface area contributed by atoms with Gasteiger partial charge >= 0.3 is 0 Å².